The zero-order valence-corrected chi connectivity index (χ0v) is 11.7. The SMILES string of the molecule is Cc1ccc(-c2ccc(C(C)(C)N)s2)c(C)c1. The van der Waals surface area contributed by atoms with Crippen molar-refractivity contribution in [1.29, 1.82) is 0 Å². The molecule has 0 spiro atoms. The molecule has 0 radical (unpaired) electrons. The molecule has 0 fully saturated rings. The molecule has 1 nitrogen and oxygen atoms in total. The third kappa shape index (κ3) is 2.59. The largest absolute Gasteiger partial charge is 0.321 e. The van der Waals surface area contributed by atoms with Crippen LogP contribution in [0.1, 0.15) is 29.9 Å². The Hall–Kier alpha value is -1.12. The van der Waals surface area contributed by atoms with Crippen molar-refractivity contribution < 1.29 is 0 Å². The standard InChI is InChI=1S/C15H19NS/c1-10-5-6-12(11(2)9-10)13-7-8-14(17-13)15(3,4)16/h5-9H,16H2,1-4H3. The highest BCUT2D eigenvalue weighted by molar-refractivity contribution is 7.15. The zero-order valence-electron chi connectivity index (χ0n) is 10.9. The molecule has 1 heterocycles. The van der Waals surface area contributed by atoms with Gasteiger partial charge in [-0.1, -0.05) is 23.8 Å². The summed E-state index contributed by atoms with van der Waals surface area (Å²) in [5, 5.41) is 0. The summed E-state index contributed by atoms with van der Waals surface area (Å²) in [5.74, 6) is 0. The number of thiophene rings is 1. The van der Waals surface area contributed by atoms with Crippen LogP contribution in [0.15, 0.2) is 30.3 Å². The fraction of sp³-hybridized carbons (Fsp3) is 0.333. The molecule has 0 aliphatic carbocycles. The molecule has 0 saturated heterocycles. The van der Waals surface area contributed by atoms with E-state index in [9.17, 15) is 0 Å². The van der Waals surface area contributed by atoms with Gasteiger partial charge in [-0.05, 0) is 51.0 Å². The molecule has 2 heteroatoms. The van der Waals surface area contributed by atoms with Gasteiger partial charge in [0.15, 0.2) is 0 Å². The highest BCUT2D eigenvalue weighted by Crippen LogP contribution is 2.34. The van der Waals surface area contributed by atoms with Crippen LogP contribution in [0.5, 0.6) is 0 Å². The van der Waals surface area contributed by atoms with Crippen LogP contribution in [0.3, 0.4) is 0 Å². The van der Waals surface area contributed by atoms with Crippen molar-refractivity contribution in [3.63, 3.8) is 0 Å². The number of aryl methyl sites for hydroxylation is 2. The molecule has 2 N–H and O–H groups in total. The van der Waals surface area contributed by atoms with Gasteiger partial charge in [0, 0.05) is 15.3 Å². The van der Waals surface area contributed by atoms with Gasteiger partial charge in [0.1, 0.15) is 0 Å². The number of benzene rings is 1. The van der Waals surface area contributed by atoms with Crippen LogP contribution in [-0.2, 0) is 5.54 Å². The van der Waals surface area contributed by atoms with Gasteiger partial charge in [-0.15, -0.1) is 11.3 Å². The first kappa shape index (κ1) is 12.3. The summed E-state index contributed by atoms with van der Waals surface area (Å²) in [5.41, 5.74) is 9.82. The van der Waals surface area contributed by atoms with Gasteiger partial charge >= 0.3 is 0 Å². The maximum absolute atomic E-state index is 6.12. The van der Waals surface area contributed by atoms with E-state index in [0.717, 1.165) is 0 Å². The van der Waals surface area contributed by atoms with Crippen molar-refractivity contribution in [2.45, 2.75) is 33.2 Å². The molecule has 0 aliphatic heterocycles. The van der Waals surface area contributed by atoms with Crippen molar-refractivity contribution in [1.82, 2.24) is 0 Å². The van der Waals surface area contributed by atoms with Gasteiger partial charge < -0.3 is 5.73 Å². The lowest BCUT2D eigenvalue weighted by molar-refractivity contribution is 0.567. The summed E-state index contributed by atoms with van der Waals surface area (Å²) in [6.45, 7) is 8.38. The Kier molecular flexibility index (Phi) is 3.11. The Morgan fingerprint density at radius 3 is 2.29 bits per heavy atom. The Balaban J connectivity index is 2.44. The number of nitrogens with two attached hydrogens (primary N) is 1. The van der Waals surface area contributed by atoms with E-state index in [1.54, 1.807) is 11.3 Å². The smallest absolute Gasteiger partial charge is 0.0446 e. The third-order valence-corrected chi connectivity index (χ3v) is 4.35. The molecular formula is C15H19NS. The molecule has 90 valence electrons. The number of rotatable bonds is 2. The Bertz CT molecular complexity index is 532. The maximum Gasteiger partial charge on any atom is 0.0446 e. The molecule has 1 aromatic heterocycles. The summed E-state index contributed by atoms with van der Waals surface area (Å²) in [6.07, 6.45) is 0. The zero-order chi connectivity index (χ0) is 12.6. The van der Waals surface area contributed by atoms with E-state index >= 15 is 0 Å². The fourth-order valence-corrected chi connectivity index (χ4v) is 3.03. The highest BCUT2D eigenvalue weighted by atomic mass is 32.1. The minimum absolute atomic E-state index is 0.248. The Labute approximate surface area is 107 Å². The maximum atomic E-state index is 6.12. The first-order chi connectivity index (χ1) is 7.88. The fourth-order valence-electron chi connectivity index (χ4n) is 1.92. The van der Waals surface area contributed by atoms with Crippen LogP contribution in [0.25, 0.3) is 10.4 Å². The minimum atomic E-state index is -0.248. The predicted octanol–water partition coefficient (Wildman–Crippen LogP) is 4.23. The topological polar surface area (TPSA) is 26.0 Å². The van der Waals surface area contributed by atoms with E-state index < -0.39 is 0 Å². The molecule has 17 heavy (non-hydrogen) atoms. The van der Waals surface area contributed by atoms with Crippen molar-refractivity contribution in [3.05, 3.63) is 46.3 Å². The van der Waals surface area contributed by atoms with Crippen molar-refractivity contribution in [2.75, 3.05) is 0 Å². The molecule has 0 amide bonds. The predicted molar refractivity (Wildman–Crippen MR) is 76.4 cm³/mol. The molecule has 0 aliphatic rings. The lowest BCUT2D eigenvalue weighted by Gasteiger charge is -2.15. The average Bonchev–Trinajstić information content (AvgIpc) is 2.65. The second-order valence-electron chi connectivity index (χ2n) is 5.20. The van der Waals surface area contributed by atoms with Crippen LogP contribution >= 0.6 is 11.3 Å². The van der Waals surface area contributed by atoms with Crippen molar-refractivity contribution >= 4 is 11.3 Å². The third-order valence-electron chi connectivity index (χ3n) is 2.89. The van der Waals surface area contributed by atoms with Crippen LogP contribution < -0.4 is 5.73 Å². The molecule has 1 aromatic carbocycles. The molecule has 2 aromatic rings. The van der Waals surface area contributed by atoms with Gasteiger partial charge in [0.2, 0.25) is 0 Å². The minimum Gasteiger partial charge on any atom is -0.321 e. The van der Waals surface area contributed by atoms with E-state index in [-0.39, 0.29) is 5.54 Å². The molecule has 0 saturated carbocycles. The lowest BCUT2D eigenvalue weighted by Crippen LogP contribution is -2.27. The van der Waals surface area contributed by atoms with Crippen LogP contribution in [0.4, 0.5) is 0 Å². The van der Waals surface area contributed by atoms with E-state index in [2.05, 4.69) is 44.2 Å². The summed E-state index contributed by atoms with van der Waals surface area (Å²) < 4.78 is 0. The van der Waals surface area contributed by atoms with Gasteiger partial charge in [-0.2, -0.15) is 0 Å². The number of hydrogen-bond acceptors (Lipinski definition) is 2. The lowest BCUT2D eigenvalue weighted by atomic mass is 10.0. The Morgan fingerprint density at radius 1 is 1.06 bits per heavy atom. The van der Waals surface area contributed by atoms with Gasteiger partial charge in [-0.25, -0.2) is 0 Å². The van der Waals surface area contributed by atoms with Gasteiger partial charge in [0.05, 0.1) is 0 Å². The second kappa shape index (κ2) is 4.28. The van der Waals surface area contributed by atoms with Crippen molar-refractivity contribution in [2.24, 2.45) is 5.73 Å². The molecule has 0 bridgehead atoms. The normalized spacial score (nSPS) is 11.8. The molecule has 0 atom stereocenters. The molecule has 0 unspecified atom stereocenters. The average molecular weight is 245 g/mol. The number of hydrogen-bond donors (Lipinski definition) is 1. The summed E-state index contributed by atoms with van der Waals surface area (Å²) in [4.78, 5) is 2.53. The first-order valence-corrected chi connectivity index (χ1v) is 6.66. The quantitative estimate of drug-likeness (QED) is 0.842. The van der Waals surface area contributed by atoms with Gasteiger partial charge in [-0.3, -0.25) is 0 Å². The van der Waals surface area contributed by atoms with E-state index in [1.165, 1.54) is 26.4 Å². The second-order valence-corrected chi connectivity index (χ2v) is 6.29. The van der Waals surface area contributed by atoms with Gasteiger partial charge in [0.25, 0.3) is 0 Å². The van der Waals surface area contributed by atoms with Crippen LogP contribution in [0.2, 0.25) is 0 Å². The van der Waals surface area contributed by atoms with Crippen LogP contribution in [0, 0.1) is 13.8 Å². The van der Waals surface area contributed by atoms with Crippen molar-refractivity contribution in [3.8, 4) is 10.4 Å². The summed E-state index contributed by atoms with van der Waals surface area (Å²) in [6, 6.07) is 10.9. The van der Waals surface area contributed by atoms with Crippen LogP contribution in [-0.4, -0.2) is 0 Å². The first-order valence-electron chi connectivity index (χ1n) is 5.85. The highest BCUT2D eigenvalue weighted by Gasteiger charge is 2.17. The Morgan fingerprint density at radius 2 is 1.76 bits per heavy atom. The van der Waals surface area contributed by atoms with E-state index in [0.29, 0.717) is 0 Å². The molecule has 2 rings (SSSR count). The van der Waals surface area contributed by atoms with E-state index in [1.807, 2.05) is 13.8 Å². The summed E-state index contributed by atoms with van der Waals surface area (Å²) >= 11 is 1.79. The molecular weight excluding hydrogens is 226 g/mol. The summed E-state index contributed by atoms with van der Waals surface area (Å²) in [7, 11) is 0. The monoisotopic (exact) mass is 245 g/mol. The van der Waals surface area contributed by atoms with E-state index in [4.69, 9.17) is 5.73 Å².